The number of hydrogen-bond acceptors (Lipinski definition) is 4. The monoisotopic (exact) mass is 414 g/mol. The van der Waals surface area contributed by atoms with Gasteiger partial charge in [0, 0.05) is 6.92 Å². The van der Waals surface area contributed by atoms with E-state index >= 15 is 0 Å². The number of ether oxygens (including phenoxy) is 3. The largest absolute Gasteiger partial charge is 0.497 e. The molecule has 0 aliphatic carbocycles. The fourth-order valence-corrected chi connectivity index (χ4v) is 2.93. The molecule has 0 aliphatic rings. The van der Waals surface area contributed by atoms with Crippen LogP contribution in [0.3, 0.4) is 0 Å². The summed E-state index contributed by atoms with van der Waals surface area (Å²) in [6, 6.07) is 10.6. The minimum Gasteiger partial charge on any atom is -0.497 e. The van der Waals surface area contributed by atoms with Gasteiger partial charge >= 0.3 is 5.97 Å². The highest BCUT2D eigenvalue weighted by atomic mass is 79.9. The SMILES string of the molecule is COc1ccc(Oc2c(Br)cc(OC(C)=O)cc2Br)cc1. The molecule has 2 aromatic rings. The van der Waals surface area contributed by atoms with Crippen LogP contribution in [0.5, 0.6) is 23.0 Å². The Labute approximate surface area is 139 Å². The molecule has 21 heavy (non-hydrogen) atoms. The van der Waals surface area contributed by atoms with Crippen LogP contribution in [0.25, 0.3) is 0 Å². The molecule has 6 heteroatoms. The molecule has 0 aliphatic heterocycles. The first-order chi connectivity index (χ1) is 9.99. The Balaban J connectivity index is 2.24. The summed E-state index contributed by atoms with van der Waals surface area (Å²) in [5.41, 5.74) is 0. The van der Waals surface area contributed by atoms with Crippen molar-refractivity contribution in [3.05, 3.63) is 45.3 Å². The van der Waals surface area contributed by atoms with Crippen molar-refractivity contribution < 1.29 is 19.0 Å². The van der Waals surface area contributed by atoms with Gasteiger partial charge < -0.3 is 14.2 Å². The van der Waals surface area contributed by atoms with Gasteiger partial charge in [-0.2, -0.15) is 0 Å². The first-order valence-corrected chi connectivity index (χ1v) is 7.57. The number of rotatable bonds is 4. The van der Waals surface area contributed by atoms with E-state index in [4.69, 9.17) is 14.2 Å². The van der Waals surface area contributed by atoms with Crippen molar-refractivity contribution in [2.45, 2.75) is 6.92 Å². The maximum atomic E-state index is 11.0. The first-order valence-electron chi connectivity index (χ1n) is 5.99. The molecule has 0 spiro atoms. The molecule has 0 atom stereocenters. The van der Waals surface area contributed by atoms with E-state index in [0.29, 0.717) is 26.2 Å². The maximum Gasteiger partial charge on any atom is 0.308 e. The minimum absolute atomic E-state index is 0.377. The van der Waals surface area contributed by atoms with Crippen molar-refractivity contribution >= 4 is 37.8 Å². The smallest absolute Gasteiger partial charge is 0.308 e. The predicted molar refractivity (Wildman–Crippen MR) is 86.2 cm³/mol. The Morgan fingerprint density at radius 1 is 0.952 bits per heavy atom. The van der Waals surface area contributed by atoms with Gasteiger partial charge in [0.1, 0.15) is 17.2 Å². The van der Waals surface area contributed by atoms with Gasteiger partial charge in [-0.1, -0.05) is 0 Å². The third-order valence-electron chi connectivity index (χ3n) is 2.51. The van der Waals surface area contributed by atoms with Crippen molar-refractivity contribution in [3.63, 3.8) is 0 Å². The quantitative estimate of drug-likeness (QED) is 0.524. The van der Waals surface area contributed by atoms with Crippen molar-refractivity contribution in [2.75, 3.05) is 7.11 Å². The van der Waals surface area contributed by atoms with Gasteiger partial charge in [-0.15, -0.1) is 0 Å². The van der Waals surface area contributed by atoms with Crippen molar-refractivity contribution in [3.8, 4) is 23.0 Å². The molecular formula is C15H12Br2O4. The summed E-state index contributed by atoms with van der Waals surface area (Å²) in [5, 5.41) is 0. The molecule has 0 fully saturated rings. The van der Waals surface area contributed by atoms with Gasteiger partial charge in [-0.05, 0) is 68.3 Å². The average molecular weight is 416 g/mol. The molecule has 2 aromatic carbocycles. The minimum atomic E-state index is -0.377. The predicted octanol–water partition coefficient (Wildman–Crippen LogP) is 4.94. The summed E-state index contributed by atoms with van der Waals surface area (Å²) in [7, 11) is 1.61. The van der Waals surface area contributed by atoms with Crippen LogP contribution in [0, 0.1) is 0 Å². The third kappa shape index (κ3) is 4.22. The highest BCUT2D eigenvalue weighted by Crippen LogP contribution is 2.40. The van der Waals surface area contributed by atoms with Crippen LogP contribution < -0.4 is 14.2 Å². The third-order valence-corrected chi connectivity index (χ3v) is 3.69. The van der Waals surface area contributed by atoms with Crippen LogP contribution in [0.4, 0.5) is 0 Å². The van der Waals surface area contributed by atoms with E-state index in [1.807, 2.05) is 12.1 Å². The molecule has 0 bridgehead atoms. The molecule has 0 unspecified atom stereocenters. The van der Waals surface area contributed by atoms with Crippen LogP contribution in [-0.4, -0.2) is 13.1 Å². The summed E-state index contributed by atoms with van der Waals surface area (Å²) >= 11 is 6.81. The Hall–Kier alpha value is -1.53. The lowest BCUT2D eigenvalue weighted by molar-refractivity contribution is -0.131. The molecular weight excluding hydrogens is 404 g/mol. The number of carbonyl (C=O) groups is 1. The maximum absolute atomic E-state index is 11.0. The Bertz CT molecular complexity index is 630. The number of esters is 1. The zero-order valence-corrected chi connectivity index (χ0v) is 14.5. The summed E-state index contributed by atoms with van der Waals surface area (Å²) in [6.45, 7) is 1.35. The van der Waals surface area contributed by atoms with E-state index in [0.717, 1.165) is 5.75 Å². The van der Waals surface area contributed by atoms with Crippen molar-refractivity contribution in [1.82, 2.24) is 0 Å². The number of halogens is 2. The van der Waals surface area contributed by atoms with Crippen molar-refractivity contribution in [1.29, 1.82) is 0 Å². The van der Waals surface area contributed by atoms with Gasteiger partial charge in [0.2, 0.25) is 0 Å². The van der Waals surface area contributed by atoms with E-state index in [-0.39, 0.29) is 5.97 Å². The topological polar surface area (TPSA) is 44.8 Å². The fourth-order valence-electron chi connectivity index (χ4n) is 1.62. The van der Waals surface area contributed by atoms with Gasteiger partial charge in [0.15, 0.2) is 5.75 Å². The lowest BCUT2D eigenvalue weighted by Crippen LogP contribution is -2.01. The summed E-state index contributed by atoms with van der Waals surface area (Å²) in [6.07, 6.45) is 0. The zero-order chi connectivity index (χ0) is 15.4. The second kappa shape index (κ2) is 6.95. The Kier molecular flexibility index (Phi) is 5.25. The lowest BCUT2D eigenvalue weighted by Gasteiger charge is -2.12. The van der Waals surface area contributed by atoms with Gasteiger partial charge in [0.05, 0.1) is 16.1 Å². The number of hydrogen-bond donors (Lipinski definition) is 0. The molecule has 0 amide bonds. The molecule has 4 nitrogen and oxygen atoms in total. The fraction of sp³-hybridized carbons (Fsp3) is 0.133. The highest BCUT2D eigenvalue weighted by Gasteiger charge is 2.12. The lowest BCUT2D eigenvalue weighted by atomic mass is 10.3. The van der Waals surface area contributed by atoms with Crippen molar-refractivity contribution in [2.24, 2.45) is 0 Å². The van der Waals surface area contributed by atoms with Crippen LogP contribution >= 0.6 is 31.9 Å². The van der Waals surface area contributed by atoms with Gasteiger partial charge in [-0.25, -0.2) is 0 Å². The number of methoxy groups -OCH3 is 1. The van der Waals surface area contributed by atoms with Crippen LogP contribution in [0.15, 0.2) is 45.3 Å². The Morgan fingerprint density at radius 2 is 1.48 bits per heavy atom. The number of carbonyl (C=O) groups excluding carboxylic acids is 1. The van der Waals surface area contributed by atoms with Gasteiger partial charge in [-0.3, -0.25) is 4.79 Å². The van der Waals surface area contributed by atoms with E-state index in [2.05, 4.69) is 31.9 Å². The van der Waals surface area contributed by atoms with Crippen LogP contribution in [-0.2, 0) is 4.79 Å². The zero-order valence-electron chi connectivity index (χ0n) is 11.4. The molecule has 0 saturated heterocycles. The molecule has 0 N–H and O–H groups in total. The Morgan fingerprint density at radius 3 is 1.95 bits per heavy atom. The highest BCUT2D eigenvalue weighted by molar-refractivity contribution is 9.11. The molecule has 0 radical (unpaired) electrons. The van der Waals surface area contributed by atoms with Crippen LogP contribution in [0.1, 0.15) is 6.92 Å². The van der Waals surface area contributed by atoms with E-state index < -0.39 is 0 Å². The standard InChI is InChI=1S/C15H12Br2O4/c1-9(18)20-12-7-13(16)15(14(17)8-12)21-11-5-3-10(19-2)4-6-11/h3-8H,1-2H3. The summed E-state index contributed by atoms with van der Waals surface area (Å²) in [5.74, 6) is 2.07. The van der Waals surface area contributed by atoms with Gasteiger partial charge in [0.25, 0.3) is 0 Å². The number of benzene rings is 2. The van der Waals surface area contributed by atoms with E-state index in [1.165, 1.54) is 6.92 Å². The summed E-state index contributed by atoms with van der Waals surface area (Å²) < 4.78 is 17.3. The summed E-state index contributed by atoms with van der Waals surface area (Å²) in [4.78, 5) is 11.0. The van der Waals surface area contributed by atoms with E-state index in [1.54, 1.807) is 31.4 Å². The molecule has 0 heterocycles. The first kappa shape index (κ1) is 15.9. The molecule has 0 aromatic heterocycles. The molecule has 2 rings (SSSR count). The van der Waals surface area contributed by atoms with Crippen LogP contribution in [0.2, 0.25) is 0 Å². The average Bonchev–Trinajstić information content (AvgIpc) is 2.43. The van der Waals surface area contributed by atoms with E-state index in [9.17, 15) is 4.79 Å². The second-order valence-electron chi connectivity index (χ2n) is 4.09. The second-order valence-corrected chi connectivity index (χ2v) is 5.80. The normalized spacial score (nSPS) is 10.1. The molecule has 110 valence electrons. The molecule has 0 saturated carbocycles.